The Bertz CT molecular complexity index is 499. The van der Waals surface area contributed by atoms with E-state index in [2.05, 4.69) is 53.1 Å². The Hall–Kier alpha value is -0.230. The number of aryl methyl sites for hydroxylation is 1. The van der Waals surface area contributed by atoms with E-state index in [1.165, 1.54) is 19.1 Å². The average Bonchev–Trinajstić information content (AvgIpc) is 2.94. The van der Waals surface area contributed by atoms with Crippen molar-refractivity contribution in [1.29, 1.82) is 0 Å². The van der Waals surface area contributed by atoms with Crippen LogP contribution in [0.3, 0.4) is 0 Å². The first-order valence-corrected chi connectivity index (χ1v) is 8.49. The molecule has 0 bridgehead atoms. The molecule has 0 saturated carbocycles. The van der Waals surface area contributed by atoms with Crippen LogP contribution in [0.25, 0.3) is 9.88 Å². The van der Waals surface area contributed by atoms with E-state index < -0.39 is 0 Å². The molecule has 2 rings (SSSR count). The maximum Gasteiger partial charge on any atom is 0.133 e. The Balaban J connectivity index is 2.14. The van der Waals surface area contributed by atoms with E-state index in [9.17, 15) is 0 Å². The molecule has 0 aromatic carbocycles. The summed E-state index contributed by atoms with van der Waals surface area (Å²) >= 11 is 7.13. The third-order valence-electron chi connectivity index (χ3n) is 2.72. The number of halogens is 1. The lowest BCUT2D eigenvalue weighted by atomic mass is 10.3. The average molecular weight is 345 g/mol. The Morgan fingerprint density at radius 3 is 2.83 bits per heavy atom. The van der Waals surface area contributed by atoms with Gasteiger partial charge in [-0.3, -0.25) is 0 Å². The van der Waals surface area contributed by atoms with Crippen LogP contribution in [-0.2, 0) is 0 Å². The Labute approximate surface area is 125 Å². The molecule has 98 valence electrons. The quantitative estimate of drug-likeness (QED) is 0.825. The van der Waals surface area contributed by atoms with Crippen LogP contribution < -0.4 is 5.32 Å². The Kier molecular flexibility index (Phi) is 4.95. The van der Waals surface area contributed by atoms with Gasteiger partial charge in [0.1, 0.15) is 5.01 Å². The highest BCUT2D eigenvalue weighted by molar-refractivity contribution is 9.10. The summed E-state index contributed by atoms with van der Waals surface area (Å²) in [6, 6.07) is 2.55. The van der Waals surface area contributed by atoms with Gasteiger partial charge in [-0.2, -0.15) is 0 Å². The van der Waals surface area contributed by atoms with Crippen molar-refractivity contribution in [2.24, 2.45) is 0 Å². The second kappa shape index (κ2) is 6.28. The van der Waals surface area contributed by atoms with Crippen molar-refractivity contribution in [2.45, 2.75) is 33.2 Å². The highest BCUT2D eigenvalue weighted by Crippen LogP contribution is 2.37. The molecule has 2 aromatic rings. The Morgan fingerprint density at radius 2 is 2.22 bits per heavy atom. The van der Waals surface area contributed by atoms with Crippen LogP contribution in [0.1, 0.15) is 36.1 Å². The molecule has 0 amide bonds. The normalized spacial score (nSPS) is 12.9. The largest absolute Gasteiger partial charge is 0.309 e. The summed E-state index contributed by atoms with van der Waals surface area (Å²) in [5.74, 6) is 0. The summed E-state index contributed by atoms with van der Waals surface area (Å²) in [5.41, 5.74) is 0. The van der Waals surface area contributed by atoms with Gasteiger partial charge in [0.25, 0.3) is 0 Å². The van der Waals surface area contributed by atoms with Crippen molar-refractivity contribution in [3.05, 3.63) is 26.5 Å². The monoisotopic (exact) mass is 344 g/mol. The van der Waals surface area contributed by atoms with E-state index in [1.54, 1.807) is 22.7 Å². The molecule has 1 atom stereocenters. The first-order valence-electron chi connectivity index (χ1n) is 6.07. The highest BCUT2D eigenvalue weighted by atomic mass is 79.9. The zero-order chi connectivity index (χ0) is 13.1. The summed E-state index contributed by atoms with van der Waals surface area (Å²) in [6.07, 6.45) is 3.16. The third kappa shape index (κ3) is 3.20. The zero-order valence-corrected chi connectivity index (χ0v) is 14.0. The molecule has 1 unspecified atom stereocenters. The van der Waals surface area contributed by atoms with Crippen molar-refractivity contribution < 1.29 is 0 Å². The van der Waals surface area contributed by atoms with E-state index in [1.807, 2.05) is 6.20 Å². The van der Waals surface area contributed by atoms with Gasteiger partial charge in [0.05, 0.1) is 4.88 Å². The van der Waals surface area contributed by atoms with Gasteiger partial charge in [-0.1, -0.05) is 6.92 Å². The van der Waals surface area contributed by atoms with Crippen LogP contribution in [0.5, 0.6) is 0 Å². The fourth-order valence-electron chi connectivity index (χ4n) is 1.63. The van der Waals surface area contributed by atoms with E-state index >= 15 is 0 Å². The van der Waals surface area contributed by atoms with Gasteiger partial charge >= 0.3 is 0 Å². The van der Waals surface area contributed by atoms with Gasteiger partial charge in [-0.05, 0) is 48.8 Å². The van der Waals surface area contributed by atoms with Crippen LogP contribution in [0.2, 0.25) is 0 Å². The molecule has 2 aromatic heterocycles. The second-order valence-electron chi connectivity index (χ2n) is 4.26. The lowest BCUT2D eigenvalue weighted by Crippen LogP contribution is -2.18. The van der Waals surface area contributed by atoms with Crippen LogP contribution >= 0.6 is 38.6 Å². The van der Waals surface area contributed by atoms with Crippen molar-refractivity contribution in [3.63, 3.8) is 0 Å². The summed E-state index contributed by atoms with van der Waals surface area (Å²) < 4.78 is 1.18. The fourth-order valence-corrected chi connectivity index (χ4v) is 4.16. The number of hydrogen-bond donors (Lipinski definition) is 1. The lowest BCUT2D eigenvalue weighted by Gasteiger charge is -2.09. The summed E-state index contributed by atoms with van der Waals surface area (Å²) in [7, 11) is 0. The third-order valence-corrected chi connectivity index (χ3v) is 6.20. The standard InChI is InChI=1S/C13H17BrN2S2/c1-4-5-15-8(2)12-7-16-13(18-12)11-6-10(14)9(3)17-11/h6-8,15H,4-5H2,1-3H3. The molecule has 0 aliphatic heterocycles. The van der Waals surface area contributed by atoms with Gasteiger partial charge < -0.3 is 5.32 Å². The van der Waals surface area contributed by atoms with Gasteiger partial charge in [-0.15, -0.1) is 22.7 Å². The number of thiazole rings is 1. The van der Waals surface area contributed by atoms with Crippen LogP contribution in [-0.4, -0.2) is 11.5 Å². The number of nitrogens with one attached hydrogen (secondary N) is 1. The first kappa shape index (κ1) is 14.2. The minimum absolute atomic E-state index is 0.390. The molecule has 0 radical (unpaired) electrons. The van der Waals surface area contributed by atoms with Gasteiger partial charge in [0, 0.05) is 26.5 Å². The molecule has 2 nitrogen and oxygen atoms in total. The number of rotatable bonds is 5. The SMILES string of the molecule is CCCNC(C)c1cnc(-c2cc(Br)c(C)s2)s1. The number of hydrogen-bond acceptors (Lipinski definition) is 4. The lowest BCUT2D eigenvalue weighted by molar-refractivity contribution is 0.577. The van der Waals surface area contributed by atoms with E-state index in [0.717, 1.165) is 18.0 Å². The molecule has 0 spiro atoms. The maximum atomic E-state index is 4.54. The van der Waals surface area contributed by atoms with Crippen LogP contribution in [0.15, 0.2) is 16.7 Å². The van der Waals surface area contributed by atoms with Crippen molar-refractivity contribution in [2.75, 3.05) is 6.54 Å². The van der Waals surface area contributed by atoms with Crippen molar-refractivity contribution in [3.8, 4) is 9.88 Å². The molecule has 18 heavy (non-hydrogen) atoms. The molecular formula is C13H17BrN2S2. The predicted molar refractivity (Wildman–Crippen MR) is 84.6 cm³/mol. The number of aromatic nitrogens is 1. The minimum Gasteiger partial charge on any atom is -0.309 e. The molecule has 0 fully saturated rings. The van der Waals surface area contributed by atoms with E-state index in [0.29, 0.717) is 6.04 Å². The van der Waals surface area contributed by atoms with E-state index in [-0.39, 0.29) is 0 Å². The zero-order valence-electron chi connectivity index (χ0n) is 10.8. The number of thiophene rings is 1. The fraction of sp³-hybridized carbons (Fsp3) is 0.462. The molecular weight excluding hydrogens is 328 g/mol. The second-order valence-corrected chi connectivity index (χ2v) is 7.43. The van der Waals surface area contributed by atoms with Gasteiger partial charge in [0.15, 0.2) is 0 Å². The van der Waals surface area contributed by atoms with Crippen LogP contribution in [0, 0.1) is 6.92 Å². The van der Waals surface area contributed by atoms with Gasteiger partial charge in [-0.25, -0.2) is 4.98 Å². The summed E-state index contributed by atoms with van der Waals surface area (Å²) in [4.78, 5) is 8.40. The predicted octanol–water partition coefficient (Wildman–Crippen LogP) is 5.00. The van der Waals surface area contributed by atoms with E-state index in [4.69, 9.17) is 0 Å². The minimum atomic E-state index is 0.390. The molecule has 0 aliphatic rings. The smallest absolute Gasteiger partial charge is 0.133 e. The maximum absolute atomic E-state index is 4.54. The Morgan fingerprint density at radius 1 is 1.44 bits per heavy atom. The van der Waals surface area contributed by atoms with Crippen LogP contribution in [0.4, 0.5) is 0 Å². The van der Waals surface area contributed by atoms with Crippen molar-refractivity contribution >= 4 is 38.6 Å². The summed E-state index contributed by atoms with van der Waals surface area (Å²) in [6.45, 7) is 7.56. The first-order chi connectivity index (χ1) is 8.61. The molecule has 2 heterocycles. The molecule has 5 heteroatoms. The van der Waals surface area contributed by atoms with Crippen molar-refractivity contribution in [1.82, 2.24) is 10.3 Å². The topological polar surface area (TPSA) is 24.9 Å². The molecule has 1 N–H and O–H groups in total. The van der Waals surface area contributed by atoms with Gasteiger partial charge in [0.2, 0.25) is 0 Å². The summed E-state index contributed by atoms with van der Waals surface area (Å²) in [5, 5.41) is 4.61. The molecule has 0 aliphatic carbocycles. The highest BCUT2D eigenvalue weighted by Gasteiger charge is 2.12. The number of nitrogens with zero attached hydrogens (tertiary/aromatic N) is 1. The molecule has 0 saturated heterocycles.